The maximum Gasteiger partial charge on any atom is 0.317 e. The average molecular weight is 376 g/mol. The van der Waals surface area contributed by atoms with Crippen molar-refractivity contribution in [1.82, 2.24) is 25.1 Å². The van der Waals surface area contributed by atoms with E-state index in [1.54, 1.807) is 0 Å². The molecule has 2 heterocycles. The lowest BCUT2D eigenvalue weighted by Gasteiger charge is -2.25. The predicted molar refractivity (Wildman–Crippen MR) is 105 cm³/mol. The van der Waals surface area contributed by atoms with Gasteiger partial charge in [0.25, 0.3) is 0 Å². The van der Waals surface area contributed by atoms with E-state index in [1.165, 1.54) is 24.1 Å². The van der Waals surface area contributed by atoms with Crippen LogP contribution < -0.4 is 5.32 Å². The van der Waals surface area contributed by atoms with Crippen LogP contribution in [-0.4, -0.2) is 79.3 Å². The number of aryl methyl sites for hydroxylation is 2. The fraction of sp³-hybridized carbons (Fsp3) is 0.750. The molecule has 2 amide bonds. The molecule has 3 rings (SSSR count). The van der Waals surface area contributed by atoms with Crippen molar-refractivity contribution >= 4 is 6.03 Å². The van der Waals surface area contributed by atoms with Gasteiger partial charge < -0.3 is 19.9 Å². The molecule has 1 atom stereocenters. The van der Waals surface area contributed by atoms with Crippen molar-refractivity contribution in [1.29, 1.82) is 0 Å². The number of amides is 2. The largest absolute Gasteiger partial charge is 0.379 e. The van der Waals surface area contributed by atoms with Crippen LogP contribution in [0.3, 0.4) is 0 Å². The molecule has 0 bridgehead atoms. The van der Waals surface area contributed by atoms with Gasteiger partial charge in [0, 0.05) is 49.9 Å². The second-order valence-corrected chi connectivity index (χ2v) is 7.99. The van der Waals surface area contributed by atoms with Crippen molar-refractivity contribution in [3.8, 4) is 0 Å². The number of hydrogen-bond acceptors (Lipinski definition) is 5. The number of nitrogens with one attached hydrogen (secondary N) is 1. The molecule has 7 nitrogen and oxygen atoms in total. The summed E-state index contributed by atoms with van der Waals surface area (Å²) in [7, 11) is 4.10. The van der Waals surface area contributed by atoms with E-state index < -0.39 is 0 Å². The van der Waals surface area contributed by atoms with Crippen molar-refractivity contribution in [2.24, 2.45) is 5.92 Å². The van der Waals surface area contributed by atoms with E-state index in [4.69, 9.17) is 9.72 Å². The first-order valence-electron chi connectivity index (χ1n) is 10.1. The summed E-state index contributed by atoms with van der Waals surface area (Å²) in [4.78, 5) is 26.0. The molecule has 0 saturated carbocycles. The van der Waals surface area contributed by atoms with E-state index in [1.807, 2.05) is 4.90 Å². The minimum absolute atomic E-state index is 0.0149. The summed E-state index contributed by atoms with van der Waals surface area (Å²) in [5, 5.41) is 3.04. The number of carbonyl (C=O) groups is 1. The summed E-state index contributed by atoms with van der Waals surface area (Å²) >= 11 is 0. The molecule has 1 N–H and O–H groups in total. The van der Waals surface area contributed by atoms with Crippen LogP contribution in [0, 0.1) is 12.8 Å². The SMILES string of the molecule is Cc1nc(CCNC(=O)N2CCOCC(CN(C)C)C2)nc2c1CCCC2. The highest BCUT2D eigenvalue weighted by molar-refractivity contribution is 5.74. The normalized spacial score (nSPS) is 20.3. The van der Waals surface area contributed by atoms with Crippen LogP contribution in [0.5, 0.6) is 0 Å². The summed E-state index contributed by atoms with van der Waals surface area (Å²) in [5.74, 6) is 1.19. The van der Waals surface area contributed by atoms with E-state index in [-0.39, 0.29) is 6.03 Å². The Hall–Kier alpha value is -1.73. The zero-order valence-corrected chi connectivity index (χ0v) is 17.0. The summed E-state index contributed by atoms with van der Waals surface area (Å²) < 4.78 is 5.66. The minimum atomic E-state index is -0.0149. The molecule has 1 aromatic rings. The molecule has 150 valence electrons. The van der Waals surface area contributed by atoms with E-state index >= 15 is 0 Å². The van der Waals surface area contributed by atoms with Gasteiger partial charge in [0.15, 0.2) is 0 Å². The second kappa shape index (κ2) is 9.46. The van der Waals surface area contributed by atoms with Crippen LogP contribution in [0.15, 0.2) is 0 Å². The molecule has 7 heteroatoms. The van der Waals surface area contributed by atoms with Crippen LogP contribution >= 0.6 is 0 Å². The van der Waals surface area contributed by atoms with Gasteiger partial charge in [0.05, 0.1) is 13.2 Å². The highest BCUT2D eigenvalue weighted by Gasteiger charge is 2.23. The van der Waals surface area contributed by atoms with Gasteiger partial charge in [-0.05, 0) is 52.3 Å². The molecule has 1 aromatic heterocycles. The van der Waals surface area contributed by atoms with E-state index in [9.17, 15) is 4.79 Å². The number of hydrogen-bond donors (Lipinski definition) is 1. The monoisotopic (exact) mass is 375 g/mol. The maximum atomic E-state index is 12.6. The van der Waals surface area contributed by atoms with Crippen LogP contribution in [0.2, 0.25) is 0 Å². The van der Waals surface area contributed by atoms with Gasteiger partial charge in [0.2, 0.25) is 0 Å². The van der Waals surface area contributed by atoms with Crippen molar-refractivity contribution in [3.05, 3.63) is 22.8 Å². The smallest absolute Gasteiger partial charge is 0.317 e. The van der Waals surface area contributed by atoms with Gasteiger partial charge >= 0.3 is 6.03 Å². The Labute approximate surface area is 162 Å². The topological polar surface area (TPSA) is 70.6 Å². The molecular formula is C20H33N5O2. The van der Waals surface area contributed by atoms with Crippen LogP contribution in [-0.2, 0) is 24.0 Å². The Bertz CT molecular complexity index is 650. The number of fused-ring (bicyclic) bond motifs is 1. The Balaban J connectivity index is 1.51. The first kappa shape index (κ1) is 20.0. The molecule has 0 spiro atoms. The molecular weight excluding hydrogens is 342 g/mol. The third-order valence-corrected chi connectivity index (χ3v) is 5.31. The Morgan fingerprint density at radius 3 is 2.93 bits per heavy atom. The third kappa shape index (κ3) is 5.62. The van der Waals surface area contributed by atoms with Gasteiger partial charge in [-0.25, -0.2) is 14.8 Å². The zero-order valence-electron chi connectivity index (χ0n) is 17.0. The number of nitrogens with zero attached hydrogens (tertiary/aromatic N) is 4. The number of ether oxygens (including phenoxy) is 1. The number of aromatic nitrogens is 2. The summed E-state index contributed by atoms with van der Waals surface area (Å²) in [6.45, 7) is 6.26. The molecule has 1 saturated heterocycles. The molecule has 0 radical (unpaired) electrons. The predicted octanol–water partition coefficient (Wildman–Crippen LogP) is 1.43. The number of carbonyl (C=O) groups excluding carboxylic acids is 1. The lowest BCUT2D eigenvalue weighted by atomic mass is 9.95. The van der Waals surface area contributed by atoms with Gasteiger partial charge in [-0.2, -0.15) is 0 Å². The molecule has 2 aliphatic rings. The molecule has 1 fully saturated rings. The zero-order chi connectivity index (χ0) is 19.2. The quantitative estimate of drug-likeness (QED) is 0.843. The number of rotatable bonds is 5. The third-order valence-electron chi connectivity index (χ3n) is 5.31. The minimum Gasteiger partial charge on any atom is -0.379 e. The van der Waals surface area contributed by atoms with Gasteiger partial charge in [-0.3, -0.25) is 0 Å². The maximum absolute atomic E-state index is 12.6. The molecule has 27 heavy (non-hydrogen) atoms. The first-order valence-corrected chi connectivity index (χ1v) is 10.1. The van der Waals surface area contributed by atoms with Crippen molar-refractivity contribution < 1.29 is 9.53 Å². The molecule has 1 aliphatic heterocycles. The van der Waals surface area contributed by atoms with Gasteiger partial charge in [-0.15, -0.1) is 0 Å². The highest BCUT2D eigenvalue weighted by Crippen LogP contribution is 2.21. The van der Waals surface area contributed by atoms with Crippen LogP contribution in [0.1, 0.15) is 35.6 Å². The highest BCUT2D eigenvalue weighted by atomic mass is 16.5. The standard InChI is InChI=1S/C20H33N5O2/c1-15-17-6-4-5-7-18(17)23-19(22-15)8-9-21-20(26)25-10-11-27-14-16(13-25)12-24(2)3/h16H,4-14H2,1-3H3,(H,21,26). The van der Waals surface area contributed by atoms with Crippen molar-refractivity contribution in [2.75, 3.05) is 53.5 Å². The summed E-state index contributed by atoms with van der Waals surface area (Å²) in [5.41, 5.74) is 3.66. The van der Waals surface area contributed by atoms with E-state index in [0.29, 0.717) is 38.6 Å². The molecule has 0 aromatic carbocycles. The van der Waals surface area contributed by atoms with Gasteiger partial charge in [0.1, 0.15) is 5.82 Å². The summed E-state index contributed by atoms with van der Waals surface area (Å²) in [6, 6.07) is -0.0149. The van der Waals surface area contributed by atoms with Gasteiger partial charge in [-0.1, -0.05) is 0 Å². The summed E-state index contributed by atoms with van der Waals surface area (Å²) in [6.07, 6.45) is 5.28. The van der Waals surface area contributed by atoms with Crippen molar-refractivity contribution in [3.63, 3.8) is 0 Å². The van der Waals surface area contributed by atoms with E-state index in [0.717, 1.165) is 37.4 Å². The second-order valence-electron chi connectivity index (χ2n) is 7.99. The Morgan fingerprint density at radius 1 is 1.30 bits per heavy atom. The number of urea groups is 1. The molecule has 1 unspecified atom stereocenters. The average Bonchev–Trinajstić information content (AvgIpc) is 2.87. The lowest BCUT2D eigenvalue weighted by Crippen LogP contribution is -2.44. The lowest BCUT2D eigenvalue weighted by molar-refractivity contribution is 0.112. The van der Waals surface area contributed by atoms with Crippen LogP contribution in [0.4, 0.5) is 4.79 Å². The Morgan fingerprint density at radius 2 is 2.11 bits per heavy atom. The molecule has 1 aliphatic carbocycles. The fourth-order valence-electron chi connectivity index (χ4n) is 4.04. The van der Waals surface area contributed by atoms with E-state index in [2.05, 4.69) is 36.2 Å². The van der Waals surface area contributed by atoms with Crippen molar-refractivity contribution in [2.45, 2.75) is 39.0 Å². The fourth-order valence-corrected chi connectivity index (χ4v) is 4.04. The first-order chi connectivity index (χ1) is 13.0. The van der Waals surface area contributed by atoms with Crippen LogP contribution in [0.25, 0.3) is 0 Å². The Kier molecular flexibility index (Phi) is 7.01.